The van der Waals surface area contributed by atoms with Gasteiger partial charge in [0, 0.05) is 11.4 Å². The van der Waals surface area contributed by atoms with E-state index in [1.807, 2.05) is 0 Å². The highest BCUT2D eigenvalue weighted by Gasteiger charge is 2.31. The van der Waals surface area contributed by atoms with Crippen LogP contribution in [0.25, 0.3) is 10.8 Å². The molecule has 0 aliphatic rings. The molecule has 0 bridgehead atoms. The van der Waals surface area contributed by atoms with Crippen molar-refractivity contribution in [3.05, 3.63) is 40.7 Å². The summed E-state index contributed by atoms with van der Waals surface area (Å²) < 4.78 is 38.2. The van der Waals surface area contributed by atoms with Crippen molar-refractivity contribution in [3.63, 3.8) is 0 Å². The number of nitrogens with two attached hydrogens (primary N) is 1. The molecule has 1 aromatic carbocycles. The molecule has 0 fully saturated rings. The van der Waals surface area contributed by atoms with Crippen LogP contribution in [-0.2, 0) is 0 Å². The van der Waals surface area contributed by atoms with E-state index in [-0.39, 0.29) is 5.82 Å². The second-order valence-electron chi connectivity index (χ2n) is 4.50. The number of hydrogen-bond acceptors (Lipinski definition) is 2. The summed E-state index contributed by atoms with van der Waals surface area (Å²) in [4.78, 5) is 12.2. The average Bonchev–Trinajstić information content (AvgIpc) is 2.26. The normalized spacial score (nSPS) is 13.7. The topological polar surface area (TPSA) is 48.0 Å². The minimum absolute atomic E-state index is 0.0421. The summed E-state index contributed by atoms with van der Waals surface area (Å²) in [6.07, 6.45) is -5.42. The van der Waals surface area contributed by atoms with Crippen molar-refractivity contribution < 1.29 is 13.2 Å². The lowest BCUT2D eigenvalue weighted by Gasteiger charge is -2.19. The van der Waals surface area contributed by atoms with E-state index >= 15 is 0 Å². The number of fused-ring (bicyclic) bond motifs is 1. The molecule has 2 rings (SSSR count). The van der Waals surface area contributed by atoms with Crippen LogP contribution in [0.3, 0.4) is 0 Å². The van der Waals surface area contributed by atoms with E-state index < -0.39 is 24.2 Å². The number of benzene rings is 1. The third-order valence-electron chi connectivity index (χ3n) is 2.96. The van der Waals surface area contributed by atoms with Crippen LogP contribution in [0.15, 0.2) is 35.1 Å². The van der Waals surface area contributed by atoms with Crippen molar-refractivity contribution >= 4 is 16.6 Å². The number of aromatic nitrogens is 1. The van der Waals surface area contributed by atoms with Crippen LogP contribution in [0.2, 0.25) is 0 Å². The van der Waals surface area contributed by atoms with Crippen LogP contribution in [0, 0.1) is 0 Å². The second kappa shape index (κ2) is 4.60. The average molecular weight is 270 g/mol. The highest BCUT2D eigenvalue weighted by atomic mass is 19.4. The summed E-state index contributed by atoms with van der Waals surface area (Å²) in [7, 11) is 0. The molecule has 0 saturated heterocycles. The Morgan fingerprint density at radius 2 is 1.95 bits per heavy atom. The molecule has 2 N–H and O–H groups in total. The van der Waals surface area contributed by atoms with E-state index in [0.29, 0.717) is 10.8 Å². The van der Waals surface area contributed by atoms with E-state index in [1.54, 1.807) is 24.3 Å². The van der Waals surface area contributed by atoms with Gasteiger partial charge in [-0.1, -0.05) is 18.2 Å². The summed E-state index contributed by atoms with van der Waals surface area (Å²) >= 11 is 0. The Bertz CT molecular complexity index is 661. The Morgan fingerprint density at radius 3 is 2.58 bits per heavy atom. The first-order valence-corrected chi connectivity index (χ1v) is 5.76. The van der Waals surface area contributed by atoms with E-state index in [2.05, 4.69) is 0 Å². The maximum absolute atomic E-state index is 12.4. The predicted molar refractivity (Wildman–Crippen MR) is 68.0 cm³/mol. The van der Waals surface area contributed by atoms with Crippen molar-refractivity contribution in [2.75, 3.05) is 5.73 Å². The molecule has 0 aliphatic heterocycles. The van der Waals surface area contributed by atoms with Gasteiger partial charge in [-0.15, -0.1) is 0 Å². The maximum atomic E-state index is 12.4. The lowest BCUT2D eigenvalue weighted by atomic mass is 10.1. The van der Waals surface area contributed by atoms with Crippen molar-refractivity contribution in [1.29, 1.82) is 0 Å². The highest BCUT2D eigenvalue weighted by Crippen LogP contribution is 2.28. The van der Waals surface area contributed by atoms with E-state index in [0.717, 1.165) is 4.57 Å². The molecule has 1 atom stereocenters. The fourth-order valence-corrected chi connectivity index (χ4v) is 2.17. The first-order chi connectivity index (χ1) is 8.79. The van der Waals surface area contributed by atoms with Gasteiger partial charge in [-0.25, -0.2) is 0 Å². The molecule has 102 valence electrons. The van der Waals surface area contributed by atoms with Gasteiger partial charge in [-0.2, -0.15) is 13.2 Å². The summed E-state index contributed by atoms with van der Waals surface area (Å²) in [5.41, 5.74) is 5.21. The number of rotatable bonds is 2. The molecule has 0 amide bonds. The summed E-state index contributed by atoms with van der Waals surface area (Å²) in [6, 6.07) is 7.17. The van der Waals surface area contributed by atoms with Crippen molar-refractivity contribution in [3.8, 4) is 0 Å². The van der Waals surface area contributed by atoms with E-state index in [4.69, 9.17) is 5.73 Å². The Kier molecular flexibility index (Phi) is 3.26. The number of hydrogen-bond donors (Lipinski definition) is 1. The van der Waals surface area contributed by atoms with Gasteiger partial charge in [0.15, 0.2) is 0 Å². The van der Waals surface area contributed by atoms with Crippen LogP contribution >= 0.6 is 0 Å². The van der Waals surface area contributed by atoms with Gasteiger partial charge in [0.2, 0.25) is 0 Å². The Hall–Kier alpha value is -1.98. The third kappa shape index (κ3) is 2.72. The molecule has 2 aromatic rings. The molecule has 0 aliphatic carbocycles. The molecule has 1 aromatic heterocycles. The van der Waals surface area contributed by atoms with Crippen molar-refractivity contribution in [1.82, 2.24) is 4.57 Å². The Morgan fingerprint density at radius 1 is 1.32 bits per heavy atom. The lowest BCUT2D eigenvalue weighted by molar-refractivity contribution is -0.141. The largest absolute Gasteiger partial charge is 0.391 e. The molecular weight excluding hydrogens is 257 g/mol. The van der Waals surface area contributed by atoms with Gasteiger partial charge >= 0.3 is 6.18 Å². The summed E-state index contributed by atoms with van der Waals surface area (Å²) in [5, 5.41) is 0.992. The number of halogens is 3. The Labute approximate surface area is 107 Å². The Balaban J connectivity index is 2.58. The first kappa shape index (κ1) is 13.5. The predicted octanol–water partition coefficient (Wildman–Crippen LogP) is 3.10. The molecule has 6 heteroatoms. The quantitative estimate of drug-likeness (QED) is 0.911. The van der Waals surface area contributed by atoms with Crippen LogP contribution in [0.1, 0.15) is 19.4 Å². The van der Waals surface area contributed by atoms with E-state index in [9.17, 15) is 18.0 Å². The number of nitrogen functional groups attached to an aromatic ring is 1. The number of pyridine rings is 1. The smallest absolute Gasteiger partial charge is 0.385 e. The summed E-state index contributed by atoms with van der Waals surface area (Å²) in [5.74, 6) is 0.0421. The first-order valence-electron chi connectivity index (χ1n) is 5.76. The zero-order chi connectivity index (χ0) is 14.2. The molecule has 3 nitrogen and oxygen atoms in total. The monoisotopic (exact) mass is 270 g/mol. The second-order valence-corrected chi connectivity index (χ2v) is 4.50. The number of anilines is 1. The van der Waals surface area contributed by atoms with Gasteiger partial charge < -0.3 is 5.73 Å². The molecule has 0 saturated carbocycles. The van der Waals surface area contributed by atoms with Crippen LogP contribution in [0.5, 0.6) is 0 Å². The minimum Gasteiger partial charge on any atom is -0.385 e. The van der Waals surface area contributed by atoms with Gasteiger partial charge in [0.25, 0.3) is 5.56 Å². The van der Waals surface area contributed by atoms with E-state index in [1.165, 1.54) is 13.0 Å². The molecule has 0 radical (unpaired) electrons. The molecular formula is C13H13F3N2O. The zero-order valence-corrected chi connectivity index (χ0v) is 10.2. The third-order valence-corrected chi connectivity index (χ3v) is 2.96. The van der Waals surface area contributed by atoms with Crippen molar-refractivity contribution in [2.45, 2.75) is 25.6 Å². The fraction of sp³-hybridized carbons (Fsp3) is 0.308. The molecule has 0 spiro atoms. The van der Waals surface area contributed by atoms with Gasteiger partial charge in [0.1, 0.15) is 5.82 Å². The van der Waals surface area contributed by atoms with Crippen LogP contribution < -0.4 is 11.3 Å². The number of nitrogens with zero attached hydrogens (tertiary/aromatic N) is 1. The standard InChI is InChI=1S/C13H13F3N2O/c1-8(7-13(14,15)16)18-11(17)6-9-4-2-3-5-10(9)12(18)19/h2-6,8H,7,17H2,1H3. The molecule has 1 unspecified atom stereocenters. The molecule has 19 heavy (non-hydrogen) atoms. The van der Waals surface area contributed by atoms with Crippen LogP contribution in [0.4, 0.5) is 19.0 Å². The van der Waals surface area contributed by atoms with Gasteiger partial charge in [0.05, 0.1) is 6.42 Å². The summed E-state index contributed by atoms with van der Waals surface area (Å²) in [6.45, 7) is 1.33. The SMILES string of the molecule is CC(CC(F)(F)F)n1c(N)cc2ccccc2c1=O. The minimum atomic E-state index is -4.34. The molecule has 1 heterocycles. The van der Waals surface area contributed by atoms with Crippen molar-refractivity contribution in [2.24, 2.45) is 0 Å². The maximum Gasteiger partial charge on any atom is 0.391 e. The lowest BCUT2D eigenvalue weighted by Crippen LogP contribution is -2.28. The van der Waals surface area contributed by atoms with Gasteiger partial charge in [-0.3, -0.25) is 9.36 Å². The fourth-order valence-electron chi connectivity index (χ4n) is 2.17. The highest BCUT2D eigenvalue weighted by molar-refractivity contribution is 5.83. The van der Waals surface area contributed by atoms with Gasteiger partial charge in [-0.05, 0) is 24.4 Å². The zero-order valence-electron chi connectivity index (χ0n) is 10.2. The number of alkyl halides is 3. The van der Waals surface area contributed by atoms with Crippen LogP contribution in [-0.4, -0.2) is 10.7 Å².